The Morgan fingerprint density at radius 3 is 2.71 bits per heavy atom. The molecule has 1 nitrogen and oxygen atoms in total. The third kappa shape index (κ3) is 3.26. The summed E-state index contributed by atoms with van der Waals surface area (Å²) in [5, 5.41) is 1.37. The minimum Gasteiger partial charge on any atom is -0.298 e. The van der Waals surface area contributed by atoms with E-state index in [-0.39, 0.29) is 11.7 Å². The lowest BCUT2D eigenvalue weighted by molar-refractivity contribution is -0.116. The van der Waals surface area contributed by atoms with E-state index in [1.165, 1.54) is 0 Å². The number of alkyl halides is 2. The molecule has 0 N–H and O–H groups in total. The SMILES string of the molecule is O=C(CCl)Cc1cc(CBr)ccc1Cl. The molecule has 1 aromatic rings. The highest BCUT2D eigenvalue weighted by Crippen LogP contribution is 2.19. The summed E-state index contributed by atoms with van der Waals surface area (Å²) in [5.74, 6) is 0.0230. The molecule has 0 saturated heterocycles. The summed E-state index contributed by atoms with van der Waals surface area (Å²) in [7, 11) is 0. The first-order valence-electron chi connectivity index (χ1n) is 4.08. The van der Waals surface area contributed by atoms with Crippen molar-refractivity contribution in [2.45, 2.75) is 11.8 Å². The van der Waals surface area contributed by atoms with Gasteiger partial charge in [0.25, 0.3) is 0 Å². The smallest absolute Gasteiger partial charge is 0.152 e. The van der Waals surface area contributed by atoms with Crippen molar-refractivity contribution >= 4 is 44.9 Å². The zero-order chi connectivity index (χ0) is 10.6. The number of hydrogen-bond donors (Lipinski definition) is 0. The first kappa shape index (κ1) is 12.0. The number of Topliss-reactive ketones (excluding diaryl/α,β-unsaturated/α-hetero) is 1. The molecule has 0 aliphatic carbocycles. The van der Waals surface area contributed by atoms with Gasteiger partial charge in [0.05, 0.1) is 5.88 Å². The second kappa shape index (κ2) is 5.74. The minimum atomic E-state index is -0.0136. The lowest BCUT2D eigenvalue weighted by Crippen LogP contribution is -2.04. The molecule has 0 atom stereocenters. The molecule has 0 saturated carbocycles. The lowest BCUT2D eigenvalue weighted by Gasteiger charge is -2.04. The van der Waals surface area contributed by atoms with Crippen LogP contribution in [0, 0.1) is 0 Å². The molecule has 4 heteroatoms. The van der Waals surface area contributed by atoms with Gasteiger partial charge >= 0.3 is 0 Å². The minimum absolute atomic E-state index is 0.0136. The van der Waals surface area contributed by atoms with Crippen molar-refractivity contribution in [1.29, 1.82) is 0 Å². The average Bonchev–Trinajstić information content (AvgIpc) is 2.21. The highest BCUT2D eigenvalue weighted by molar-refractivity contribution is 9.08. The number of ketones is 1. The quantitative estimate of drug-likeness (QED) is 0.776. The summed E-state index contributed by atoms with van der Waals surface area (Å²) in [6.07, 6.45) is 0.309. The third-order valence-corrected chi connectivity index (χ3v) is 3.12. The fourth-order valence-electron chi connectivity index (χ4n) is 1.11. The molecule has 0 amide bonds. The summed E-state index contributed by atoms with van der Waals surface area (Å²) >= 11 is 14.7. The molecule has 0 fully saturated rings. The number of hydrogen-bond acceptors (Lipinski definition) is 1. The Labute approximate surface area is 102 Å². The van der Waals surface area contributed by atoms with Crippen molar-refractivity contribution in [1.82, 2.24) is 0 Å². The Balaban J connectivity index is 2.89. The molecule has 0 unspecified atom stereocenters. The molecule has 0 aromatic heterocycles. The van der Waals surface area contributed by atoms with E-state index in [4.69, 9.17) is 23.2 Å². The number of rotatable bonds is 4. The van der Waals surface area contributed by atoms with E-state index in [0.29, 0.717) is 11.4 Å². The van der Waals surface area contributed by atoms with Crippen LogP contribution in [-0.4, -0.2) is 11.7 Å². The molecule has 0 heterocycles. The monoisotopic (exact) mass is 294 g/mol. The van der Waals surface area contributed by atoms with Crippen molar-refractivity contribution in [3.8, 4) is 0 Å². The highest BCUT2D eigenvalue weighted by atomic mass is 79.9. The van der Waals surface area contributed by atoms with Gasteiger partial charge in [-0.05, 0) is 17.2 Å². The Kier molecular flexibility index (Phi) is 4.93. The molecule has 0 spiro atoms. The second-order valence-corrected chi connectivity index (χ2v) is 4.14. The van der Waals surface area contributed by atoms with E-state index in [0.717, 1.165) is 16.5 Å². The Bertz CT molecular complexity index is 339. The zero-order valence-electron chi connectivity index (χ0n) is 7.40. The van der Waals surface area contributed by atoms with Crippen molar-refractivity contribution in [2.24, 2.45) is 0 Å². The molecule has 1 rings (SSSR count). The second-order valence-electron chi connectivity index (χ2n) is 2.91. The summed E-state index contributed by atoms with van der Waals surface area (Å²) in [6, 6.07) is 5.64. The van der Waals surface area contributed by atoms with Gasteiger partial charge in [-0.25, -0.2) is 0 Å². The maximum absolute atomic E-state index is 11.1. The van der Waals surface area contributed by atoms with Crippen molar-refractivity contribution in [3.63, 3.8) is 0 Å². The van der Waals surface area contributed by atoms with Gasteiger partial charge in [-0.1, -0.05) is 39.7 Å². The third-order valence-electron chi connectivity index (χ3n) is 1.80. The summed E-state index contributed by atoms with van der Waals surface area (Å²) in [5.41, 5.74) is 1.95. The molecule has 0 radical (unpaired) electrons. The van der Waals surface area contributed by atoms with E-state index in [9.17, 15) is 4.79 Å². The number of benzene rings is 1. The summed E-state index contributed by atoms with van der Waals surface area (Å²) in [4.78, 5) is 11.1. The van der Waals surface area contributed by atoms with E-state index in [1.807, 2.05) is 12.1 Å². The summed E-state index contributed by atoms with van der Waals surface area (Å²) in [6.45, 7) is 0. The largest absolute Gasteiger partial charge is 0.298 e. The van der Waals surface area contributed by atoms with Gasteiger partial charge in [0, 0.05) is 16.8 Å². The predicted octanol–water partition coefficient (Wildman–Crippen LogP) is 3.59. The van der Waals surface area contributed by atoms with Crippen LogP contribution >= 0.6 is 39.1 Å². The van der Waals surface area contributed by atoms with Crippen LogP contribution in [-0.2, 0) is 16.5 Å². The maximum Gasteiger partial charge on any atom is 0.152 e. The molecule has 14 heavy (non-hydrogen) atoms. The lowest BCUT2D eigenvalue weighted by atomic mass is 10.1. The van der Waals surface area contributed by atoms with Crippen LogP contribution in [0.2, 0.25) is 5.02 Å². The Hall–Kier alpha value is -0.0500. The average molecular weight is 296 g/mol. The van der Waals surface area contributed by atoms with Gasteiger partial charge in [0.15, 0.2) is 5.78 Å². The van der Waals surface area contributed by atoms with E-state index in [1.54, 1.807) is 6.07 Å². The first-order chi connectivity index (χ1) is 6.67. The van der Waals surface area contributed by atoms with Gasteiger partial charge in [0.2, 0.25) is 0 Å². The number of carbonyl (C=O) groups excluding carboxylic acids is 1. The van der Waals surface area contributed by atoms with Crippen LogP contribution in [0.5, 0.6) is 0 Å². The highest BCUT2D eigenvalue weighted by Gasteiger charge is 2.06. The topological polar surface area (TPSA) is 17.1 Å². The first-order valence-corrected chi connectivity index (χ1v) is 6.11. The van der Waals surface area contributed by atoms with Crippen LogP contribution in [0.25, 0.3) is 0 Å². The normalized spacial score (nSPS) is 10.2. The molecule has 1 aromatic carbocycles. The van der Waals surface area contributed by atoms with Crippen molar-refractivity contribution in [3.05, 3.63) is 34.3 Å². The van der Waals surface area contributed by atoms with E-state index < -0.39 is 0 Å². The van der Waals surface area contributed by atoms with E-state index >= 15 is 0 Å². The molecule has 0 bridgehead atoms. The number of halogens is 3. The standard InChI is InChI=1S/C10H9BrCl2O/c11-5-7-1-2-10(13)8(3-7)4-9(14)6-12/h1-3H,4-6H2. The fourth-order valence-corrected chi connectivity index (χ4v) is 1.73. The van der Waals surface area contributed by atoms with E-state index in [2.05, 4.69) is 15.9 Å². The van der Waals surface area contributed by atoms with Crippen LogP contribution in [0.4, 0.5) is 0 Å². The van der Waals surface area contributed by atoms with Gasteiger partial charge < -0.3 is 0 Å². The molecular formula is C10H9BrCl2O. The maximum atomic E-state index is 11.1. The van der Waals surface area contributed by atoms with Crippen LogP contribution in [0.1, 0.15) is 11.1 Å². The summed E-state index contributed by atoms with van der Waals surface area (Å²) < 4.78 is 0. The zero-order valence-corrected chi connectivity index (χ0v) is 10.5. The number of carbonyl (C=O) groups is 1. The molecule has 76 valence electrons. The molecule has 0 aliphatic rings. The Morgan fingerprint density at radius 1 is 1.43 bits per heavy atom. The van der Waals surface area contributed by atoms with Gasteiger partial charge in [-0.3, -0.25) is 4.79 Å². The van der Waals surface area contributed by atoms with Gasteiger partial charge in [0.1, 0.15) is 0 Å². The van der Waals surface area contributed by atoms with Crippen molar-refractivity contribution in [2.75, 3.05) is 5.88 Å². The van der Waals surface area contributed by atoms with Crippen LogP contribution in [0.15, 0.2) is 18.2 Å². The van der Waals surface area contributed by atoms with Crippen molar-refractivity contribution < 1.29 is 4.79 Å². The van der Waals surface area contributed by atoms with Crippen LogP contribution < -0.4 is 0 Å². The van der Waals surface area contributed by atoms with Crippen LogP contribution in [0.3, 0.4) is 0 Å². The fraction of sp³-hybridized carbons (Fsp3) is 0.300. The Morgan fingerprint density at radius 2 is 2.14 bits per heavy atom. The van der Waals surface area contributed by atoms with Gasteiger partial charge in [-0.2, -0.15) is 0 Å². The van der Waals surface area contributed by atoms with Gasteiger partial charge in [-0.15, -0.1) is 11.6 Å². The molecular weight excluding hydrogens is 287 g/mol. The predicted molar refractivity (Wildman–Crippen MR) is 63.5 cm³/mol. The molecule has 0 aliphatic heterocycles.